The standard InChI is InChI=1S/C25H29F5OS/c1-25(2,3)15-11-14(13-32-16-9-7-5-4-6-8-10-16)24(31)17(12-15)18-19(26)21(28)23(30)22(29)20(18)27/h11-12,16,31H,4-10,13H2,1-3H3. The van der Waals surface area contributed by atoms with E-state index in [9.17, 15) is 27.1 Å². The molecule has 2 aromatic carbocycles. The molecule has 0 aliphatic heterocycles. The van der Waals surface area contributed by atoms with E-state index in [0.717, 1.165) is 25.7 Å². The third-order valence-corrected chi connectivity index (χ3v) is 7.48. The van der Waals surface area contributed by atoms with E-state index in [4.69, 9.17) is 0 Å². The fourth-order valence-corrected chi connectivity index (χ4v) is 5.36. The van der Waals surface area contributed by atoms with Crippen molar-refractivity contribution in [3.8, 4) is 16.9 Å². The van der Waals surface area contributed by atoms with Gasteiger partial charge in [0, 0.05) is 22.1 Å². The van der Waals surface area contributed by atoms with Crippen LogP contribution in [0.3, 0.4) is 0 Å². The van der Waals surface area contributed by atoms with Crippen molar-refractivity contribution in [3.05, 3.63) is 52.3 Å². The average molecular weight is 473 g/mol. The van der Waals surface area contributed by atoms with E-state index in [2.05, 4.69) is 0 Å². The number of phenols is 1. The van der Waals surface area contributed by atoms with Crippen LogP contribution < -0.4 is 0 Å². The van der Waals surface area contributed by atoms with E-state index in [1.165, 1.54) is 25.3 Å². The maximum atomic E-state index is 14.6. The highest BCUT2D eigenvalue weighted by molar-refractivity contribution is 7.99. The second-order valence-corrected chi connectivity index (χ2v) is 10.8. The van der Waals surface area contributed by atoms with E-state index < -0.39 is 45.8 Å². The molecule has 0 unspecified atom stereocenters. The number of thioether (sulfide) groups is 1. The lowest BCUT2D eigenvalue weighted by molar-refractivity contribution is 0.380. The normalized spacial score (nSPS) is 16.1. The Labute approximate surface area is 190 Å². The lowest BCUT2D eigenvalue weighted by Gasteiger charge is -2.24. The number of aromatic hydroxyl groups is 1. The van der Waals surface area contributed by atoms with Crippen LogP contribution in [0.4, 0.5) is 22.0 Å². The third-order valence-electron chi connectivity index (χ3n) is 6.06. The Hall–Kier alpha value is -1.76. The summed E-state index contributed by atoms with van der Waals surface area (Å²) >= 11 is 1.67. The van der Waals surface area contributed by atoms with Crippen LogP contribution in [0.15, 0.2) is 12.1 Å². The lowest BCUT2D eigenvalue weighted by Crippen LogP contribution is -2.13. The van der Waals surface area contributed by atoms with Crippen molar-refractivity contribution in [2.24, 2.45) is 0 Å². The van der Waals surface area contributed by atoms with Gasteiger partial charge in [-0.1, -0.05) is 58.9 Å². The molecule has 0 amide bonds. The molecule has 1 aliphatic rings. The molecule has 0 saturated heterocycles. The van der Waals surface area contributed by atoms with Gasteiger partial charge < -0.3 is 5.11 Å². The molecular formula is C25H29F5OS. The van der Waals surface area contributed by atoms with Gasteiger partial charge in [-0.15, -0.1) is 0 Å². The summed E-state index contributed by atoms with van der Waals surface area (Å²) in [6, 6.07) is 3.08. The zero-order chi connectivity index (χ0) is 23.6. The minimum Gasteiger partial charge on any atom is -0.507 e. The SMILES string of the molecule is CC(C)(C)c1cc(CSC2CCCCCCC2)c(O)c(-c2c(F)c(F)c(F)c(F)c2F)c1. The molecule has 2 aromatic rings. The number of hydrogen-bond donors (Lipinski definition) is 1. The molecule has 0 atom stereocenters. The van der Waals surface area contributed by atoms with E-state index in [0.29, 0.717) is 22.1 Å². The highest BCUT2D eigenvalue weighted by Gasteiger charge is 2.30. The van der Waals surface area contributed by atoms with Crippen molar-refractivity contribution >= 4 is 11.8 Å². The minimum atomic E-state index is -2.21. The van der Waals surface area contributed by atoms with Gasteiger partial charge in [-0.25, -0.2) is 22.0 Å². The van der Waals surface area contributed by atoms with Crippen LogP contribution >= 0.6 is 11.8 Å². The molecule has 1 saturated carbocycles. The largest absolute Gasteiger partial charge is 0.507 e. The van der Waals surface area contributed by atoms with Crippen LogP contribution in [-0.4, -0.2) is 10.4 Å². The van der Waals surface area contributed by atoms with Gasteiger partial charge in [0.2, 0.25) is 5.82 Å². The van der Waals surface area contributed by atoms with E-state index in [1.54, 1.807) is 17.8 Å². The summed E-state index contributed by atoms with van der Waals surface area (Å²) in [6.45, 7) is 5.65. The first kappa shape index (κ1) is 24.9. The number of rotatable bonds is 4. The zero-order valence-corrected chi connectivity index (χ0v) is 19.5. The lowest BCUT2D eigenvalue weighted by atomic mass is 9.83. The van der Waals surface area contributed by atoms with Crippen LogP contribution in [0, 0.1) is 29.1 Å². The number of hydrogen-bond acceptors (Lipinski definition) is 2. The summed E-state index contributed by atoms with van der Waals surface area (Å²) in [7, 11) is 0. The fraction of sp³-hybridized carbons (Fsp3) is 0.520. The molecule has 3 rings (SSSR count). The van der Waals surface area contributed by atoms with Gasteiger partial charge >= 0.3 is 0 Å². The molecule has 0 bridgehead atoms. The van der Waals surface area contributed by atoms with Crippen molar-refractivity contribution in [1.29, 1.82) is 0 Å². The molecule has 1 fully saturated rings. The maximum Gasteiger partial charge on any atom is 0.200 e. The predicted octanol–water partition coefficient (Wildman–Crippen LogP) is 8.40. The van der Waals surface area contributed by atoms with Crippen LogP contribution in [-0.2, 0) is 11.2 Å². The highest BCUT2D eigenvalue weighted by atomic mass is 32.2. The monoisotopic (exact) mass is 472 g/mol. The van der Waals surface area contributed by atoms with E-state index >= 15 is 0 Å². The van der Waals surface area contributed by atoms with Gasteiger partial charge in [-0.05, 0) is 29.9 Å². The average Bonchev–Trinajstić information content (AvgIpc) is 2.71. The Balaban J connectivity index is 2.06. The predicted molar refractivity (Wildman–Crippen MR) is 119 cm³/mol. The van der Waals surface area contributed by atoms with Crippen LogP contribution in [0.2, 0.25) is 0 Å². The topological polar surface area (TPSA) is 20.2 Å². The summed E-state index contributed by atoms with van der Waals surface area (Å²) in [5.74, 6) is -10.2. The summed E-state index contributed by atoms with van der Waals surface area (Å²) in [5, 5.41) is 11.3. The Bertz CT molecular complexity index is 947. The summed E-state index contributed by atoms with van der Waals surface area (Å²) in [5.41, 5.74) is -0.863. The minimum absolute atomic E-state index is 0.376. The smallest absolute Gasteiger partial charge is 0.200 e. The van der Waals surface area contributed by atoms with Gasteiger partial charge in [0.05, 0.1) is 5.56 Å². The molecule has 0 heterocycles. The summed E-state index contributed by atoms with van der Waals surface area (Å²) in [6.07, 6.45) is 8.06. The Kier molecular flexibility index (Phi) is 7.79. The molecule has 1 N–H and O–H groups in total. The molecule has 1 aliphatic carbocycles. The molecule has 0 spiro atoms. The Morgan fingerprint density at radius 1 is 0.812 bits per heavy atom. The summed E-state index contributed by atoms with van der Waals surface area (Å²) < 4.78 is 70.4. The van der Waals surface area contributed by atoms with Crippen LogP contribution in [0.25, 0.3) is 11.1 Å². The van der Waals surface area contributed by atoms with Gasteiger partial charge in [-0.2, -0.15) is 11.8 Å². The molecule has 0 radical (unpaired) electrons. The number of benzene rings is 2. The number of phenolic OH excluding ortho intramolecular Hbond substituents is 1. The van der Waals surface area contributed by atoms with Gasteiger partial charge in [-0.3, -0.25) is 0 Å². The number of halogens is 5. The summed E-state index contributed by atoms with van der Waals surface area (Å²) in [4.78, 5) is 0. The zero-order valence-electron chi connectivity index (χ0n) is 18.6. The first-order valence-electron chi connectivity index (χ1n) is 11.0. The first-order valence-corrected chi connectivity index (χ1v) is 12.1. The second-order valence-electron chi connectivity index (χ2n) is 9.50. The van der Waals surface area contributed by atoms with Crippen molar-refractivity contribution in [3.63, 3.8) is 0 Å². The third kappa shape index (κ3) is 5.24. The van der Waals surface area contributed by atoms with Crippen molar-refractivity contribution in [1.82, 2.24) is 0 Å². The molecule has 7 heteroatoms. The molecule has 1 nitrogen and oxygen atoms in total. The highest BCUT2D eigenvalue weighted by Crippen LogP contribution is 2.43. The molecule has 176 valence electrons. The fourth-order valence-electron chi connectivity index (χ4n) is 4.06. The van der Waals surface area contributed by atoms with E-state index in [1.807, 2.05) is 20.8 Å². The van der Waals surface area contributed by atoms with Crippen LogP contribution in [0.5, 0.6) is 5.75 Å². The van der Waals surface area contributed by atoms with Gasteiger partial charge in [0.15, 0.2) is 23.3 Å². The Morgan fingerprint density at radius 3 is 1.84 bits per heavy atom. The van der Waals surface area contributed by atoms with Crippen LogP contribution in [0.1, 0.15) is 76.8 Å². The van der Waals surface area contributed by atoms with Gasteiger partial charge in [0.1, 0.15) is 5.75 Å². The molecule has 32 heavy (non-hydrogen) atoms. The van der Waals surface area contributed by atoms with Crippen molar-refractivity contribution < 1.29 is 27.1 Å². The van der Waals surface area contributed by atoms with Crippen molar-refractivity contribution in [2.75, 3.05) is 0 Å². The Morgan fingerprint density at radius 2 is 1.31 bits per heavy atom. The van der Waals surface area contributed by atoms with Gasteiger partial charge in [0.25, 0.3) is 0 Å². The van der Waals surface area contributed by atoms with Crippen molar-refractivity contribution in [2.45, 2.75) is 82.1 Å². The molecular weight excluding hydrogens is 443 g/mol. The van der Waals surface area contributed by atoms with E-state index in [-0.39, 0.29) is 5.56 Å². The first-order chi connectivity index (χ1) is 15.0. The molecule has 0 aromatic heterocycles. The second kappa shape index (κ2) is 10.0. The maximum absolute atomic E-state index is 14.6. The quantitative estimate of drug-likeness (QED) is 0.274.